The van der Waals surface area contributed by atoms with Crippen LogP contribution in [0.15, 0.2) is 6.33 Å². The molecule has 2 heterocycles. The van der Waals surface area contributed by atoms with Crippen LogP contribution in [-0.2, 0) is 22.6 Å². The van der Waals surface area contributed by atoms with Crippen LogP contribution in [-0.4, -0.2) is 51.0 Å². The number of hydrogen-bond donors (Lipinski definition) is 4. The molecule has 1 aromatic rings. The van der Waals surface area contributed by atoms with E-state index in [1.54, 1.807) is 18.1 Å². The molecule has 1 amide bonds. The predicted molar refractivity (Wildman–Crippen MR) is 75.5 cm³/mol. The van der Waals surface area contributed by atoms with Gasteiger partial charge in [-0.3, -0.25) is 10.1 Å². The number of imidazole rings is 1. The summed E-state index contributed by atoms with van der Waals surface area (Å²) in [5, 5.41) is 14.8. The Kier molecular flexibility index (Phi) is 5.02. The molecule has 20 heavy (non-hydrogen) atoms. The van der Waals surface area contributed by atoms with Crippen molar-refractivity contribution in [2.24, 2.45) is 0 Å². The van der Waals surface area contributed by atoms with Gasteiger partial charge in [-0.15, -0.1) is 0 Å². The molecule has 2 atom stereocenters. The summed E-state index contributed by atoms with van der Waals surface area (Å²) in [5.74, 6) is -0.588. The number of carbonyl (C=O) groups excluding carboxylic acids is 1. The normalized spacial score (nSPS) is 19.1. The number of nitrogens with one attached hydrogen (secondary N) is 3. The zero-order valence-electron chi connectivity index (χ0n) is 11.2. The third-order valence-electron chi connectivity index (χ3n) is 3.27. The molecule has 0 unspecified atom stereocenters. The fraction of sp³-hybridized carbons (Fsp3) is 0.583. The molecule has 0 radical (unpaired) electrons. The van der Waals surface area contributed by atoms with Crippen LogP contribution in [0.2, 0.25) is 0 Å². The van der Waals surface area contributed by atoms with Gasteiger partial charge in [0.15, 0.2) is 0 Å². The molecular formula is C12H18N4O3S. The van der Waals surface area contributed by atoms with Crippen molar-refractivity contribution in [2.75, 3.05) is 12.0 Å². The Morgan fingerprint density at radius 3 is 3.15 bits per heavy atom. The van der Waals surface area contributed by atoms with Crippen molar-refractivity contribution < 1.29 is 14.7 Å². The largest absolute Gasteiger partial charge is 0.480 e. The van der Waals surface area contributed by atoms with Gasteiger partial charge in [-0.25, -0.2) is 9.78 Å². The van der Waals surface area contributed by atoms with Crippen molar-refractivity contribution in [2.45, 2.75) is 31.5 Å². The van der Waals surface area contributed by atoms with Gasteiger partial charge in [0.25, 0.3) is 0 Å². The Hall–Kier alpha value is -1.54. The van der Waals surface area contributed by atoms with E-state index in [1.165, 1.54) is 0 Å². The third-order valence-corrected chi connectivity index (χ3v) is 3.92. The smallest absolute Gasteiger partial charge is 0.326 e. The lowest BCUT2D eigenvalue weighted by Crippen LogP contribution is -2.52. The number of aromatic amines is 1. The van der Waals surface area contributed by atoms with E-state index in [0.29, 0.717) is 25.1 Å². The molecule has 0 bridgehead atoms. The Labute approximate surface area is 120 Å². The van der Waals surface area contributed by atoms with Crippen LogP contribution in [0.5, 0.6) is 0 Å². The summed E-state index contributed by atoms with van der Waals surface area (Å²) in [6.07, 6.45) is 4.40. The van der Waals surface area contributed by atoms with Gasteiger partial charge in [0.2, 0.25) is 5.91 Å². The monoisotopic (exact) mass is 298 g/mol. The average molecular weight is 298 g/mol. The van der Waals surface area contributed by atoms with Crippen LogP contribution in [0.4, 0.5) is 0 Å². The second kappa shape index (κ2) is 6.76. The van der Waals surface area contributed by atoms with Crippen LogP contribution in [0.3, 0.4) is 0 Å². The second-order valence-corrected chi connectivity index (χ2v) is 5.63. The fourth-order valence-corrected chi connectivity index (χ4v) is 2.59. The lowest BCUT2D eigenvalue weighted by molar-refractivity contribution is -0.142. The van der Waals surface area contributed by atoms with E-state index in [4.69, 9.17) is 5.11 Å². The molecule has 0 aromatic carbocycles. The topological polar surface area (TPSA) is 107 Å². The summed E-state index contributed by atoms with van der Waals surface area (Å²) in [6, 6.07) is -1.26. The molecule has 4 N–H and O–H groups in total. The Morgan fingerprint density at radius 1 is 1.65 bits per heavy atom. The van der Waals surface area contributed by atoms with Gasteiger partial charge in [-0.05, 0) is 18.4 Å². The first kappa shape index (κ1) is 14.9. The van der Waals surface area contributed by atoms with Gasteiger partial charge in [0.1, 0.15) is 6.04 Å². The molecule has 1 aliphatic heterocycles. The minimum absolute atomic E-state index is 0.285. The number of carbonyl (C=O) groups is 2. The first-order valence-electron chi connectivity index (χ1n) is 6.38. The van der Waals surface area contributed by atoms with Gasteiger partial charge >= 0.3 is 5.97 Å². The van der Waals surface area contributed by atoms with E-state index >= 15 is 0 Å². The minimum atomic E-state index is -0.997. The van der Waals surface area contributed by atoms with E-state index < -0.39 is 18.1 Å². The molecule has 0 spiro atoms. The quantitative estimate of drug-likeness (QED) is 0.577. The molecule has 2 rings (SSSR count). The van der Waals surface area contributed by atoms with E-state index in [1.807, 2.05) is 6.26 Å². The van der Waals surface area contributed by atoms with Crippen LogP contribution in [0.25, 0.3) is 0 Å². The number of aromatic nitrogens is 2. The third kappa shape index (κ3) is 3.51. The molecule has 0 saturated carbocycles. The number of carboxylic acids is 1. The molecular weight excluding hydrogens is 280 g/mol. The van der Waals surface area contributed by atoms with Gasteiger partial charge in [0, 0.05) is 13.0 Å². The lowest BCUT2D eigenvalue weighted by atomic mass is 10.0. The zero-order valence-corrected chi connectivity index (χ0v) is 12.0. The van der Waals surface area contributed by atoms with Gasteiger partial charge < -0.3 is 15.4 Å². The highest BCUT2D eigenvalue weighted by Gasteiger charge is 2.28. The summed E-state index contributed by atoms with van der Waals surface area (Å²) in [7, 11) is 0. The van der Waals surface area contributed by atoms with E-state index in [0.717, 1.165) is 11.4 Å². The fourth-order valence-electron chi connectivity index (χ4n) is 2.12. The second-order valence-electron chi connectivity index (χ2n) is 4.65. The standard InChI is InChI=1S/C12H18N4O3S/c1-20-3-2-7(12(18)19)16-11(17)9-4-8-10(5-13-9)15-6-14-8/h6-7,9,13H,2-5H2,1H3,(H,14,15)(H,16,17)(H,18,19)/t7-,9-/m0/s1. The number of fused-ring (bicyclic) bond motifs is 1. The number of thioether (sulfide) groups is 1. The zero-order chi connectivity index (χ0) is 14.5. The number of carboxylic acid groups (broad SMARTS) is 1. The Morgan fingerprint density at radius 2 is 2.45 bits per heavy atom. The predicted octanol–water partition coefficient (Wildman–Crippen LogP) is -0.253. The summed E-state index contributed by atoms with van der Waals surface area (Å²) >= 11 is 1.56. The first-order chi connectivity index (χ1) is 9.61. The Bertz CT molecular complexity index is 491. The maximum atomic E-state index is 12.1. The lowest BCUT2D eigenvalue weighted by Gasteiger charge is -2.24. The van der Waals surface area contributed by atoms with E-state index in [2.05, 4.69) is 20.6 Å². The number of aliphatic carboxylic acids is 1. The number of H-pyrrole nitrogens is 1. The molecule has 110 valence electrons. The number of hydrogen-bond acceptors (Lipinski definition) is 5. The molecule has 1 aromatic heterocycles. The van der Waals surface area contributed by atoms with Crippen molar-refractivity contribution in [3.8, 4) is 0 Å². The highest BCUT2D eigenvalue weighted by molar-refractivity contribution is 7.98. The maximum absolute atomic E-state index is 12.1. The first-order valence-corrected chi connectivity index (χ1v) is 7.77. The summed E-state index contributed by atoms with van der Waals surface area (Å²) in [6.45, 7) is 0.538. The van der Waals surface area contributed by atoms with Gasteiger partial charge in [-0.2, -0.15) is 11.8 Å². The molecule has 7 nitrogen and oxygen atoms in total. The highest BCUT2D eigenvalue weighted by atomic mass is 32.2. The molecule has 8 heteroatoms. The minimum Gasteiger partial charge on any atom is -0.480 e. The SMILES string of the molecule is CSCC[C@H](NC(=O)[C@@H]1Cc2nc[nH]c2CN1)C(=O)O. The van der Waals surface area contributed by atoms with E-state index in [9.17, 15) is 9.59 Å². The van der Waals surface area contributed by atoms with E-state index in [-0.39, 0.29) is 5.91 Å². The van der Waals surface area contributed by atoms with Crippen molar-refractivity contribution in [3.05, 3.63) is 17.7 Å². The van der Waals surface area contributed by atoms with Gasteiger partial charge in [0.05, 0.1) is 23.8 Å². The maximum Gasteiger partial charge on any atom is 0.326 e. The summed E-state index contributed by atoms with van der Waals surface area (Å²) in [5.41, 5.74) is 1.84. The average Bonchev–Trinajstić information content (AvgIpc) is 2.90. The van der Waals surface area contributed by atoms with Crippen molar-refractivity contribution in [1.29, 1.82) is 0 Å². The molecule has 1 aliphatic rings. The highest BCUT2D eigenvalue weighted by Crippen LogP contribution is 2.12. The van der Waals surface area contributed by atoms with Crippen LogP contribution < -0.4 is 10.6 Å². The molecule has 0 saturated heterocycles. The van der Waals surface area contributed by atoms with Crippen LogP contribution in [0, 0.1) is 0 Å². The van der Waals surface area contributed by atoms with Crippen molar-refractivity contribution >= 4 is 23.6 Å². The summed E-state index contributed by atoms with van der Waals surface area (Å²) < 4.78 is 0. The number of amides is 1. The molecule has 0 fully saturated rings. The molecule has 0 aliphatic carbocycles. The van der Waals surface area contributed by atoms with Gasteiger partial charge in [-0.1, -0.05) is 0 Å². The van der Waals surface area contributed by atoms with Crippen LogP contribution in [0.1, 0.15) is 17.8 Å². The van der Waals surface area contributed by atoms with Crippen LogP contribution >= 0.6 is 11.8 Å². The number of rotatable bonds is 6. The van der Waals surface area contributed by atoms with Crippen molar-refractivity contribution in [1.82, 2.24) is 20.6 Å². The summed E-state index contributed by atoms with van der Waals surface area (Å²) in [4.78, 5) is 30.4. The Balaban J connectivity index is 1.92. The number of nitrogens with zero attached hydrogens (tertiary/aromatic N) is 1. The van der Waals surface area contributed by atoms with Crippen molar-refractivity contribution in [3.63, 3.8) is 0 Å².